The molecule has 1 saturated heterocycles. The molecule has 31 heavy (non-hydrogen) atoms. The van der Waals surface area contributed by atoms with Gasteiger partial charge in [0, 0.05) is 38.8 Å². The highest BCUT2D eigenvalue weighted by Gasteiger charge is 2.29. The van der Waals surface area contributed by atoms with Gasteiger partial charge in [0.05, 0.1) is 6.04 Å². The van der Waals surface area contributed by atoms with E-state index < -0.39 is 11.7 Å². The van der Waals surface area contributed by atoms with Crippen molar-refractivity contribution in [2.45, 2.75) is 39.3 Å². The van der Waals surface area contributed by atoms with Gasteiger partial charge in [0.2, 0.25) is 17.6 Å². The number of likely N-dealkylation sites (N-methyl/N-ethyl adjacent to an activating group) is 1. The van der Waals surface area contributed by atoms with Gasteiger partial charge in [-0.25, -0.2) is 4.79 Å². The number of ether oxygens (including phenoxy) is 1. The average Bonchev–Trinajstić information content (AvgIpc) is 3.23. The van der Waals surface area contributed by atoms with Gasteiger partial charge in [-0.3, -0.25) is 9.69 Å². The lowest BCUT2D eigenvalue weighted by molar-refractivity contribution is -0.134. The van der Waals surface area contributed by atoms with E-state index >= 15 is 0 Å². The van der Waals surface area contributed by atoms with Crippen molar-refractivity contribution in [1.29, 1.82) is 0 Å². The van der Waals surface area contributed by atoms with Crippen LogP contribution in [-0.2, 0) is 9.53 Å². The van der Waals surface area contributed by atoms with Crippen molar-refractivity contribution in [2.75, 3.05) is 39.8 Å². The van der Waals surface area contributed by atoms with Crippen molar-refractivity contribution >= 4 is 12.0 Å². The van der Waals surface area contributed by atoms with Gasteiger partial charge in [-0.1, -0.05) is 35.5 Å². The molecule has 0 radical (unpaired) electrons. The van der Waals surface area contributed by atoms with Crippen LogP contribution in [0.4, 0.5) is 4.79 Å². The molecule has 2 aromatic rings. The van der Waals surface area contributed by atoms with Gasteiger partial charge in [0.25, 0.3) is 0 Å². The molecular formula is C22H31N5O4. The number of benzene rings is 1. The molecule has 9 nitrogen and oxygen atoms in total. The lowest BCUT2D eigenvalue weighted by Gasteiger charge is -2.37. The number of aromatic nitrogens is 2. The second-order valence-corrected chi connectivity index (χ2v) is 8.75. The molecular weight excluding hydrogens is 398 g/mol. The monoisotopic (exact) mass is 429 g/mol. The van der Waals surface area contributed by atoms with E-state index in [4.69, 9.17) is 9.26 Å². The Kier molecular flexibility index (Phi) is 6.94. The minimum absolute atomic E-state index is 0.00539. The molecule has 0 N–H and O–H groups in total. The van der Waals surface area contributed by atoms with Crippen LogP contribution in [0.2, 0.25) is 0 Å². The SMILES string of the molecule is CC(c1nc(-c2ccccc2)no1)N1CCN(C(=O)CN(C)C(=O)OC(C)(C)C)CC1. The largest absolute Gasteiger partial charge is 0.444 e. The molecule has 1 unspecified atom stereocenters. The van der Waals surface area contributed by atoms with Gasteiger partial charge < -0.3 is 19.1 Å². The fraction of sp³-hybridized carbons (Fsp3) is 0.545. The van der Waals surface area contributed by atoms with E-state index in [2.05, 4.69) is 15.0 Å². The standard InChI is InChI=1S/C22H31N5O4/c1-16(20-23-19(24-31-20)17-9-7-6-8-10-17)26-11-13-27(14-12-26)18(28)15-25(5)21(29)30-22(2,3)4/h6-10,16H,11-15H2,1-5H3. The summed E-state index contributed by atoms with van der Waals surface area (Å²) in [6, 6.07) is 9.65. The van der Waals surface area contributed by atoms with E-state index in [9.17, 15) is 9.59 Å². The summed E-state index contributed by atoms with van der Waals surface area (Å²) in [7, 11) is 1.57. The Morgan fingerprint density at radius 3 is 2.42 bits per heavy atom. The van der Waals surface area contributed by atoms with E-state index in [0.717, 1.165) is 5.56 Å². The summed E-state index contributed by atoms with van der Waals surface area (Å²) in [5, 5.41) is 4.09. The quantitative estimate of drug-likeness (QED) is 0.722. The van der Waals surface area contributed by atoms with Crippen LogP contribution in [0.15, 0.2) is 34.9 Å². The maximum absolute atomic E-state index is 12.6. The number of piperazine rings is 1. The number of nitrogens with zero attached hydrogens (tertiary/aromatic N) is 5. The van der Waals surface area contributed by atoms with E-state index in [0.29, 0.717) is 37.9 Å². The Balaban J connectivity index is 1.50. The van der Waals surface area contributed by atoms with Crippen LogP contribution in [0.1, 0.15) is 39.6 Å². The van der Waals surface area contributed by atoms with Gasteiger partial charge in [-0.2, -0.15) is 4.98 Å². The van der Waals surface area contributed by atoms with E-state index in [1.54, 1.807) is 32.7 Å². The van der Waals surface area contributed by atoms with Gasteiger partial charge >= 0.3 is 6.09 Å². The van der Waals surface area contributed by atoms with Gasteiger partial charge in [-0.05, 0) is 27.7 Å². The third-order valence-electron chi connectivity index (χ3n) is 5.12. The Morgan fingerprint density at radius 1 is 1.16 bits per heavy atom. The predicted molar refractivity (Wildman–Crippen MR) is 115 cm³/mol. The smallest absolute Gasteiger partial charge is 0.410 e. The van der Waals surface area contributed by atoms with E-state index in [-0.39, 0.29) is 18.5 Å². The van der Waals surface area contributed by atoms with Crippen molar-refractivity contribution in [3.05, 3.63) is 36.2 Å². The molecule has 0 aliphatic carbocycles. The van der Waals surface area contributed by atoms with Crippen LogP contribution in [0.5, 0.6) is 0 Å². The summed E-state index contributed by atoms with van der Waals surface area (Å²) >= 11 is 0. The van der Waals surface area contributed by atoms with Crippen molar-refractivity contribution in [1.82, 2.24) is 24.8 Å². The summed E-state index contributed by atoms with van der Waals surface area (Å²) < 4.78 is 10.8. The number of carbonyl (C=O) groups excluding carboxylic acids is 2. The number of rotatable bonds is 5. The third-order valence-corrected chi connectivity index (χ3v) is 5.12. The molecule has 0 spiro atoms. The molecule has 1 aromatic carbocycles. The zero-order chi connectivity index (χ0) is 22.6. The van der Waals surface area contributed by atoms with Crippen molar-refractivity contribution in [3.63, 3.8) is 0 Å². The zero-order valence-electron chi connectivity index (χ0n) is 18.9. The summed E-state index contributed by atoms with van der Waals surface area (Å²) in [6.45, 7) is 9.94. The highest BCUT2D eigenvalue weighted by molar-refractivity contribution is 5.82. The average molecular weight is 430 g/mol. The first-order valence-corrected chi connectivity index (χ1v) is 10.5. The number of hydrogen-bond donors (Lipinski definition) is 0. The molecule has 2 amide bonds. The second-order valence-electron chi connectivity index (χ2n) is 8.75. The van der Waals surface area contributed by atoms with Gasteiger partial charge in [-0.15, -0.1) is 0 Å². The van der Waals surface area contributed by atoms with Crippen molar-refractivity contribution in [2.24, 2.45) is 0 Å². The topological polar surface area (TPSA) is 92.0 Å². The summed E-state index contributed by atoms with van der Waals surface area (Å²) in [6.07, 6.45) is -0.501. The Hall–Kier alpha value is -2.94. The molecule has 1 aliphatic rings. The van der Waals surface area contributed by atoms with Crippen LogP contribution in [0, 0.1) is 0 Å². The van der Waals surface area contributed by atoms with Crippen LogP contribution in [-0.4, -0.2) is 82.2 Å². The fourth-order valence-electron chi connectivity index (χ4n) is 3.33. The molecule has 1 aromatic heterocycles. The van der Waals surface area contributed by atoms with Crippen molar-refractivity contribution in [3.8, 4) is 11.4 Å². The van der Waals surface area contributed by atoms with Gasteiger partial charge in [0.15, 0.2) is 0 Å². The minimum atomic E-state index is -0.592. The first-order valence-electron chi connectivity index (χ1n) is 10.5. The molecule has 1 atom stereocenters. The Morgan fingerprint density at radius 2 is 1.81 bits per heavy atom. The van der Waals surface area contributed by atoms with Crippen LogP contribution < -0.4 is 0 Å². The number of carbonyl (C=O) groups is 2. The summed E-state index contributed by atoms with van der Waals surface area (Å²) in [5.41, 5.74) is 0.319. The second kappa shape index (κ2) is 9.47. The molecule has 0 bridgehead atoms. The van der Waals surface area contributed by atoms with E-state index in [1.807, 2.05) is 37.3 Å². The highest BCUT2D eigenvalue weighted by Crippen LogP contribution is 2.23. The third kappa shape index (κ3) is 6.04. The first kappa shape index (κ1) is 22.7. The molecule has 2 heterocycles. The summed E-state index contributed by atoms with van der Waals surface area (Å²) in [4.78, 5) is 34.5. The van der Waals surface area contributed by atoms with Crippen LogP contribution >= 0.6 is 0 Å². The first-order chi connectivity index (χ1) is 14.6. The Bertz CT molecular complexity index is 885. The molecule has 3 rings (SSSR count). The maximum atomic E-state index is 12.6. The number of amides is 2. The summed E-state index contributed by atoms with van der Waals surface area (Å²) in [5.74, 6) is 1.04. The normalized spacial score (nSPS) is 16.1. The highest BCUT2D eigenvalue weighted by atomic mass is 16.6. The predicted octanol–water partition coefficient (Wildman–Crippen LogP) is 2.81. The lowest BCUT2D eigenvalue weighted by Crippen LogP contribution is -2.52. The molecule has 1 aliphatic heterocycles. The molecule has 0 saturated carbocycles. The van der Waals surface area contributed by atoms with Gasteiger partial charge in [0.1, 0.15) is 12.1 Å². The molecule has 1 fully saturated rings. The lowest BCUT2D eigenvalue weighted by atomic mass is 10.2. The van der Waals surface area contributed by atoms with Crippen LogP contribution in [0.3, 0.4) is 0 Å². The maximum Gasteiger partial charge on any atom is 0.410 e. The molecule has 9 heteroatoms. The Labute approximate surface area is 182 Å². The zero-order valence-corrected chi connectivity index (χ0v) is 18.9. The number of hydrogen-bond acceptors (Lipinski definition) is 7. The fourth-order valence-corrected chi connectivity index (χ4v) is 3.33. The minimum Gasteiger partial charge on any atom is -0.444 e. The van der Waals surface area contributed by atoms with E-state index in [1.165, 1.54) is 4.90 Å². The van der Waals surface area contributed by atoms with Crippen molar-refractivity contribution < 1.29 is 18.8 Å². The van der Waals surface area contributed by atoms with Crippen LogP contribution in [0.25, 0.3) is 11.4 Å². The molecule has 168 valence electrons.